The van der Waals surface area contributed by atoms with Crippen LogP contribution in [0.4, 0.5) is 5.69 Å². The molecule has 2 aromatic carbocycles. The van der Waals surface area contributed by atoms with E-state index in [4.69, 9.17) is 13.9 Å². The number of ether oxygens (including phenoxy) is 2. The molecule has 0 spiro atoms. The average molecular weight is 325 g/mol. The summed E-state index contributed by atoms with van der Waals surface area (Å²) in [6.45, 7) is 0.495. The molecule has 0 atom stereocenters. The van der Waals surface area contributed by atoms with Gasteiger partial charge < -0.3 is 18.8 Å². The van der Waals surface area contributed by atoms with Crippen LogP contribution in [0.25, 0.3) is 11.5 Å². The molecule has 0 aliphatic rings. The molecule has 124 valence electrons. The average Bonchev–Trinajstić information content (AvgIpc) is 3.10. The summed E-state index contributed by atoms with van der Waals surface area (Å²) in [6.07, 6.45) is 0. The van der Waals surface area contributed by atoms with Gasteiger partial charge in [-0.2, -0.15) is 0 Å². The molecule has 0 fully saturated rings. The SMILES string of the molecule is COc1ccc(N(C)Cc2nnc(-c3ccccc3)o2)cc1OC. The quantitative estimate of drug-likeness (QED) is 0.692. The Morgan fingerprint density at radius 1 is 0.958 bits per heavy atom. The third-order valence-corrected chi connectivity index (χ3v) is 3.67. The molecule has 0 N–H and O–H groups in total. The number of hydrogen-bond donors (Lipinski definition) is 0. The first-order valence-electron chi connectivity index (χ1n) is 7.52. The van der Waals surface area contributed by atoms with Crippen molar-refractivity contribution in [2.45, 2.75) is 6.54 Å². The molecule has 0 radical (unpaired) electrons. The van der Waals surface area contributed by atoms with Gasteiger partial charge >= 0.3 is 0 Å². The molecule has 0 amide bonds. The Hall–Kier alpha value is -3.02. The first-order valence-corrected chi connectivity index (χ1v) is 7.52. The van der Waals surface area contributed by atoms with E-state index < -0.39 is 0 Å². The van der Waals surface area contributed by atoms with E-state index in [0.717, 1.165) is 11.3 Å². The molecule has 0 saturated carbocycles. The number of aromatic nitrogens is 2. The van der Waals surface area contributed by atoms with Crippen molar-refractivity contribution < 1.29 is 13.9 Å². The van der Waals surface area contributed by atoms with Gasteiger partial charge in [-0.05, 0) is 24.3 Å². The van der Waals surface area contributed by atoms with Crippen molar-refractivity contribution in [2.24, 2.45) is 0 Å². The summed E-state index contributed by atoms with van der Waals surface area (Å²) in [4.78, 5) is 2.00. The number of rotatable bonds is 6. The molecule has 0 saturated heterocycles. The van der Waals surface area contributed by atoms with Gasteiger partial charge in [-0.3, -0.25) is 0 Å². The summed E-state index contributed by atoms with van der Waals surface area (Å²) >= 11 is 0. The van der Waals surface area contributed by atoms with Crippen LogP contribution >= 0.6 is 0 Å². The van der Waals surface area contributed by atoms with Gasteiger partial charge in [-0.25, -0.2) is 0 Å². The van der Waals surface area contributed by atoms with E-state index >= 15 is 0 Å². The summed E-state index contributed by atoms with van der Waals surface area (Å²) in [5.41, 5.74) is 1.87. The van der Waals surface area contributed by atoms with Crippen LogP contribution in [0.3, 0.4) is 0 Å². The standard InChI is InChI=1S/C18H19N3O3/c1-21(14-9-10-15(22-2)16(11-14)23-3)12-17-19-20-18(24-17)13-7-5-4-6-8-13/h4-11H,12H2,1-3H3. The van der Waals surface area contributed by atoms with Crippen molar-refractivity contribution in [3.05, 3.63) is 54.4 Å². The second kappa shape index (κ2) is 7.04. The minimum Gasteiger partial charge on any atom is -0.493 e. The van der Waals surface area contributed by atoms with Crippen molar-refractivity contribution in [1.29, 1.82) is 0 Å². The normalized spacial score (nSPS) is 10.5. The number of methoxy groups -OCH3 is 2. The third-order valence-electron chi connectivity index (χ3n) is 3.67. The Morgan fingerprint density at radius 2 is 1.71 bits per heavy atom. The molecule has 0 bridgehead atoms. The van der Waals surface area contributed by atoms with Crippen molar-refractivity contribution in [3.8, 4) is 23.0 Å². The summed E-state index contributed by atoms with van der Waals surface area (Å²) in [7, 11) is 5.18. The van der Waals surface area contributed by atoms with Crippen LogP contribution in [-0.2, 0) is 6.54 Å². The monoisotopic (exact) mass is 325 g/mol. The van der Waals surface area contributed by atoms with E-state index in [9.17, 15) is 0 Å². The Balaban J connectivity index is 1.76. The maximum Gasteiger partial charge on any atom is 0.247 e. The molecule has 0 unspecified atom stereocenters. The highest BCUT2D eigenvalue weighted by molar-refractivity contribution is 5.56. The van der Waals surface area contributed by atoms with Crippen LogP contribution < -0.4 is 14.4 Å². The van der Waals surface area contributed by atoms with Gasteiger partial charge in [-0.15, -0.1) is 10.2 Å². The van der Waals surface area contributed by atoms with E-state index in [1.165, 1.54) is 0 Å². The minimum atomic E-state index is 0.495. The third kappa shape index (κ3) is 3.32. The molecule has 1 aromatic heterocycles. The van der Waals surface area contributed by atoms with E-state index in [1.807, 2.05) is 60.5 Å². The predicted molar refractivity (Wildman–Crippen MR) is 91.4 cm³/mol. The largest absolute Gasteiger partial charge is 0.493 e. The zero-order valence-corrected chi connectivity index (χ0v) is 13.9. The van der Waals surface area contributed by atoms with Crippen molar-refractivity contribution in [2.75, 3.05) is 26.2 Å². The first-order chi connectivity index (χ1) is 11.7. The number of benzene rings is 2. The molecule has 3 aromatic rings. The summed E-state index contributed by atoms with van der Waals surface area (Å²) in [6, 6.07) is 15.4. The molecule has 24 heavy (non-hydrogen) atoms. The Labute approximate surface area is 140 Å². The molecule has 6 nitrogen and oxygen atoms in total. The van der Waals surface area contributed by atoms with Crippen molar-refractivity contribution in [3.63, 3.8) is 0 Å². The van der Waals surface area contributed by atoms with Crippen LogP contribution in [-0.4, -0.2) is 31.5 Å². The van der Waals surface area contributed by atoms with Crippen LogP contribution in [0.2, 0.25) is 0 Å². The number of nitrogens with zero attached hydrogens (tertiary/aromatic N) is 3. The van der Waals surface area contributed by atoms with E-state index in [2.05, 4.69) is 10.2 Å². The lowest BCUT2D eigenvalue weighted by molar-refractivity contribution is 0.355. The molecule has 1 heterocycles. The molecule has 3 rings (SSSR count). The van der Waals surface area contributed by atoms with Gasteiger partial charge in [-0.1, -0.05) is 18.2 Å². The summed E-state index contributed by atoms with van der Waals surface area (Å²) in [5.74, 6) is 2.44. The van der Waals surface area contributed by atoms with Crippen molar-refractivity contribution >= 4 is 5.69 Å². The van der Waals surface area contributed by atoms with Crippen LogP contribution in [0.1, 0.15) is 5.89 Å². The predicted octanol–water partition coefficient (Wildman–Crippen LogP) is 3.39. The van der Waals surface area contributed by atoms with Crippen molar-refractivity contribution in [1.82, 2.24) is 10.2 Å². The van der Waals surface area contributed by atoms with E-state index in [-0.39, 0.29) is 0 Å². The lowest BCUT2D eigenvalue weighted by Crippen LogP contribution is -2.16. The van der Waals surface area contributed by atoms with Crippen LogP contribution in [0.5, 0.6) is 11.5 Å². The van der Waals surface area contributed by atoms with Crippen LogP contribution in [0, 0.1) is 0 Å². The van der Waals surface area contributed by atoms with Gasteiger partial charge in [0.05, 0.1) is 20.8 Å². The van der Waals surface area contributed by atoms with Crippen LogP contribution in [0.15, 0.2) is 52.9 Å². The molecule has 0 aliphatic heterocycles. The highest BCUT2D eigenvalue weighted by Crippen LogP contribution is 2.31. The van der Waals surface area contributed by atoms with Gasteiger partial charge in [0.2, 0.25) is 11.8 Å². The molecular weight excluding hydrogens is 306 g/mol. The molecule has 6 heteroatoms. The Morgan fingerprint density at radius 3 is 2.42 bits per heavy atom. The van der Waals surface area contributed by atoms with E-state index in [1.54, 1.807) is 14.2 Å². The number of anilines is 1. The highest BCUT2D eigenvalue weighted by Gasteiger charge is 2.12. The second-order valence-corrected chi connectivity index (χ2v) is 5.26. The van der Waals surface area contributed by atoms with Gasteiger partial charge in [0.1, 0.15) is 0 Å². The lowest BCUT2D eigenvalue weighted by Gasteiger charge is -2.18. The maximum atomic E-state index is 5.74. The maximum absolute atomic E-state index is 5.74. The zero-order valence-electron chi connectivity index (χ0n) is 13.9. The summed E-state index contributed by atoms with van der Waals surface area (Å²) < 4.78 is 16.3. The summed E-state index contributed by atoms with van der Waals surface area (Å²) in [5, 5.41) is 8.23. The molecule has 0 aliphatic carbocycles. The second-order valence-electron chi connectivity index (χ2n) is 5.26. The fourth-order valence-electron chi connectivity index (χ4n) is 2.37. The minimum absolute atomic E-state index is 0.495. The Bertz CT molecular complexity index is 802. The van der Waals surface area contributed by atoms with Gasteiger partial charge in [0, 0.05) is 24.4 Å². The Kier molecular flexibility index (Phi) is 4.65. The molecular formula is C18H19N3O3. The topological polar surface area (TPSA) is 60.6 Å². The van der Waals surface area contributed by atoms with Gasteiger partial charge in [0.25, 0.3) is 0 Å². The first kappa shape index (κ1) is 15.9. The van der Waals surface area contributed by atoms with Gasteiger partial charge in [0.15, 0.2) is 11.5 Å². The van der Waals surface area contributed by atoms with E-state index in [0.29, 0.717) is 29.8 Å². The zero-order chi connectivity index (χ0) is 16.9. The fourth-order valence-corrected chi connectivity index (χ4v) is 2.37. The number of hydrogen-bond acceptors (Lipinski definition) is 6. The smallest absolute Gasteiger partial charge is 0.247 e. The lowest BCUT2D eigenvalue weighted by atomic mass is 10.2. The highest BCUT2D eigenvalue weighted by atomic mass is 16.5. The fraction of sp³-hybridized carbons (Fsp3) is 0.222.